The van der Waals surface area contributed by atoms with Crippen molar-refractivity contribution in [2.24, 2.45) is 0 Å². The van der Waals surface area contributed by atoms with E-state index in [0.29, 0.717) is 16.7 Å². The van der Waals surface area contributed by atoms with Gasteiger partial charge in [0.1, 0.15) is 5.58 Å². The number of amides is 1. The van der Waals surface area contributed by atoms with E-state index in [1.165, 1.54) is 31.7 Å². The molecule has 0 unspecified atom stereocenters. The van der Waals surface area contributed by atoms with Crippen LogP contribution in [0.25, 0.3) is 22.2 Å². The number of fused-ring (bicyclic) bond motifs is 1. The zero-order valence-corrected chi connectivity index (χ0v) is 18.2. The molecule has 0 bridgehead atoms. The molecule has 5 rings (SSSR count). The minimum Gasteiger partial charge on any atom is -0.451 e. The molecule has 0 saturated carbocycles. The lowest BCUT2D eigenvalue weighted by Gasteiger charge is -2.20. The summed E-state index contributed by atoms with van der Waals surface area (Å²) in [6, 6.07) is 19.4. The number of carbonyl (C=O) groups is 1. The lowest BCUT2D eigenvalue weighted by molar-refractivity contribution is 0.0997. The predicted octanol–water partition coefficient (Wildman–Crippen LogP) is 4.88. The van der Waals surface area contributed by atoms with Gasteiger partial charge in [0.15, 0.2) is 17.0 Å². The molecule has 1 aliphatic heterocycles. The molecule has 1 amide bonds. The van der Waals surface area contributed by atoms with Crippen molar-refractivity contribution in [1.82, 2.24) is 10.2 Å². The van der Waals surface area contributed by atoms with Crippen molar-refractivity contribution in [2.75, 3.05) is 23.3 Å². The summed E-state index contributed by atoms with van der Waals surface area (Å²) in [5.41, 5.74) is 2.26. The molecule has 0 aliphatic carbocycles. The SMILES string of the molecule is O=C(Nc1cccc(-c2ccc(N3CCCCCC3)nn2)c1)c1cc(=O)c2ccccc2o1. The highest BCUT2D eigenvalue weighted by atomic mass is 16.3. The number of nitrogens with one attached hydrogen (secondary N) is 1. The van der Waals surface area contributed by atoms with E-state index in [4.69, 9.17) is 4.42 Å². The van der Waals surface area contributed by atoms with Crippen LogP contribution in [0.3, 0.4) is 0 Å². The molecular weight excluding hydrogens is 416 g/mol. The predicted molar refractivity (Wildman–Crippen MR) is 129 cm³/mol. The number of aromatic nitrogens is 2. The van der Waals surface area contributed by atoms with Crippen molar-refractivity contribution in [3.05, 3.63) is 82.7 Å². The lowest BCUT2D eigenvalue weighted by Crippen LogP contribution is -2.25. The van der Waals surface area contributed by atoms with Gasteiger partial charge in [-0.3, -0.25) is 9.59 Å². The van der Waals surface area contributed by atoms with Gasteiger partial charge in [0.25, 0.3) is 5.91 Å². The Kier molecular flexibility index (Phi) is 5.85. The third-order valence-corrected chi connectivity index (χ3v) is 5.86. The topological polar surface area (TPSA) is 88.3 Å². The van der Waals surface area contributed by atoms with E-state index in [0.717, 1.165) is 30.2 Å². The number of nitrogens with zero attached hydrogens (tertiary/aromatic N) is 3. The molecule has 3 heterocycles. The van der Waals surface area contributed by atoms with Gasteiger partial charge in [0, 0.05) is 30.4 Å². The van der Waals surface area contributed by atoms with Crippen LogP contribution >= 0.6 is 0 Å². The van der Waals surface area contributed by atoms with Crippen LogP contribution in [-0.2, 0) is 0 Å². The molecule has 1 saturated heterocycles. The van der Waals surface area contributed by atoms with E-state index in [2.05, 4.69) is 20.4 Å². The van der Waals surface area contributed by atoms with Gasteiger partial charge in [-0.05, 0) is 49.2 Å². The van der Waals surface area contributed by atoms with Gasteiger partial charge < -0.3 is 14.6 Å². The van der Waals surface area contributed by atoms with E-state index in [1.54, 1.807) is 30.3 Å². The largest absolute Gasteiger partial charge is 0.451 e. The van der Waals surface area contributed by atoms with Gasteiger partial charge >= 0.3 is 0 Å². The highest BCUT2D eigenvalue weighted by Gasteiger charge is 2.14. The van der Waals surface area contributed by atoms with Crippen LogP contribution in [0.1, 0.15) is 36.2 Å². The first kappa shape index (κ1) is 20.9. The van der Waals surface area contributed by atoms with Crippen molar-refractivity contribution in [3.63, 3.8) is 0 Å². The Hall–Kier alpha value is -4.00. The summed E-state index contributed by atoms with van der Waals surface area (Å²) in [6.45, 7) is 2.03. The molecule has 2 aromatic heterocycles. The Balaban J connectivity index is 1.34. The van der Waals surface area contributed by atoms with Crippen LogP contribution in [0.4, 0.5) is 11.5 Å². The fourth-order valence-electron chi connectivity index (χ4n) is 4.11. The smallest absolute Gasteiger partial charge is 0.291 e. The van der Waals surface area contributed by atoms with Crippen molar-refractivity contribution in [3.8, 4) is 11.3 Å². The second-order valence-electron chi connectivity index (χ2n) is 8.18. The number of carbonyl (C=O) groups excluding carboxylic acids is 1. The fraction of sp³-hybridized carbons (Fsp3) is 0.231. The second-order valence-corrected chi connectivity index (χ2v) is 8.18. The van der Waals surface area contributed by atoms with Gasteiger partial charge in [-0.1, -0.05) is 37.1 Å². The summed E-state index contributed by atoms with van der Waals surface area (Å²) in [5.74, 6) is 0.375. The third kappa shape index (κ3) is 4.62. The van der Waals surface area contributed by atoms with E-state index < -0.39 is 5.91 Å². The van der Waals surface area contributed by atoms with E-state index in [9.17, 15) is 9.59 Å². The summed E-state index contributed by atoms with van der Waals surface area (Å²) in [5, 5.41) is 12.1. The Labute approximate surface area is 191 Å². The number of anilines is 2. The minimum atomic E-state index is -0.488. The maximum absolute atomic E-state index is 12.7. The molecule has 0 atom stereocenters. The molecule has 0 spiro atoms. The van der Waals surface area contributed by atoms with Crippen LogP contribution in [-0.4, -0.2) is 29.2 Å². The Morgan fingerprint density at radius 3 is 2.48 bits per heavy atom. The summed E-state index contributed by atoms with van der Waals surface area (Å²) < 4.78 is 5.63. The molecule has 1 fully saturated rings. The maximum Gasteiger partial charge on any atom is 0.291 e. The van der Waals surface area contributed by atoms with Gasteiger partial charge in [-0.25, -0.2) is 0 Å². The first-order chi connectivity index (χ1) is 16.2. The molecular formula is C26H24N4O3. The molecule has 7 nitrogen and oxygen atoms in total. The minimum absolute atomic E-state index is 0.0364. The Morgan fingerprint density at radius 1 is 0.879 bits per heavy atom. The monoisotopic (exact) mass is 440 g/mol. The maximum atomic E-state index is 12.7. The third-order valence-electron chi connectivity index (χ3n) is 5.86. The number of hydrogen-bond acceptors (Lipinski definition) is 6. The zero-order valence-electron chi connectivity index (χ0n) is 18.2. The second kappa shape index (κ2) is 9.24. The van der Waals surface area contributed by atoms with Gasteiger partial charge in [-0.2, -0.15) is 0 Å². The standard InChI is InChI=1S/C26H24N4O3/c31-22-17-24(33-23-11-4-3-10-20(22)23)26(32)27-19-9-7-8-18(16-19)21-12-13-25(29-28-21)30-14-5-1-2-6-15-30/h3-4,7-13,16-17H,1-2,5-6,14-15H2,(H,27,32). The molecule has 2 aromatic carbocycles. The number of para-hydroxylation sites is 1. The number of hydrogen-bond donors (Lipinski definition) is 1. The number of benzene rings is 2. The molecule has 33 heavy (non-hydrogen) atoms. The van der Waals surface area contributed by atoms with E-state index in [1.807, 2.05) is 30.3 Å². The lowest BCUT2D eigenvalue weighted by atomic mass is 10.1. The van der Waals surface area contributed by atoms with E-state index in [-0.39, 0.29) is 11.2 Å². The average molecular weight is 441 g/mol. The first-order valence-electron chi connectivity index (χ1n) is 11.2. The summed E-state index contributed by atoms with van der Waals surface area (Å²) >= 11 is 0. The van der Waals surface area contributed by atoms with Crippen molar-refractivity contribution >= 4 is 28.4 Å². The van der Waals surface area contributed by atoms with Crippen molar-refractivity contribution in [2.45, 2.75) is 25.7 Å². The highest BCUT2D eigenvalue weighted by molar-refractivity contribution is 6.03. The quantitative estimate of drug-likeness (QED) is 0.486. The fourth-order valence-corrected chi connectivity index (χ4v) is 4.11. The van der Waals surface area contributed by atoms with Crippen LogP contribution in [0.2, 0.25) is 0 Å². The van der Waals surface area contributed by atoms with Crippen LogP contribution in [0.15, 0.2) is 75.9 Å². The normalized spacial score (nSPS) is 14.1. The van der Waals surface area contributed by atoms with Gasteiger partial charge in [0.2, 0.25) is 0 Å². The van der Waals surface area contributed by atoms with Gasteiger partial charge in [0.05, 0.1) is 11.1 Å². The summed E-state index contributed by atoms with van der Waals surface area (Å²) in [6.07, 6.45) is 4.90. The molecule has 7 heteroatoms. The summed E-state index contributed by atoms with van der Waals surface area (Å²) in [4.78, 5) is 27.3. The average Bonchev–Trinajstić information content (AvgIpc) is 3.14. The highest BCUT2D eigenvalue weighted by Crippen LogP contribution is 2.23. The molecule has 1 N–H and O–H groups in total. The number of rotatable bonds is 4. The van der Waals surface area contributed by atoms with Crippen LogP contribution in [0, 0.1) is 0 Å². The molecule has 4 aromatic rings. The zero-order chi connectivity index (χ0) is 22.6. The molecule has 166 valence electrons. The Morgan fingerprint density at radius 2 is 1.70 bits per heavy atom. The summed E-state index contributed by atoms with van der Waals surface area (Å²) in [7, 11) is 0. The van der Waals surface area contributed by atoms with Crippen molar-refractivity contribution in [1.29, 1.82) is 0 Å². The Bertz CT molecular complexity index is 1340. The van der Waals surface area contributed by atoms with E-state index >= 15 is 0 Å². The molecule has 1 aliphatic rings. The van der Waals surface area contributed by atoms with Crippen LogP contribution < -0.4 is 15.6 Å². The van der Waals surface area contributed by atoms with Crippen molar-refractivity contribution < 1.29 is 9.21 Å². The molecule has 0 radical (unpaired) electrons. The van der Waals surface area contributed by atoms with Crippen LogP contribution in [0.5, 0.6) is 0 Å². The van der Waals surface area contributed by atoms with Gasteiger partial charge in [-0.15, -0.1) is 10.2 Å². The first-order valence-corrected chi connectivity index (χ1v) is 11.2.